The van der Waals surface area contributed by atoms with Crippen molar-refractivity contribution in [1.29, 1.82) is 0 Å². The third kappa shape index (κ3) is 5.52. The van der Waals surface area contributed by atoms with Gasteiger partial charge < -0.3 is 14.4 Å². The van der Waals surface area contributed by atoms with Crippen LogP contribution in [-0.2, 0) is 14.8 Å². The van der Waals surface area contributed by atoms with Gasteiger partial charge in [-0.1, -0.05) is 36.4 Å². The number of hydrogen-bond donors (Lipinski definition) is 0. The summed E-state index contributed by atoms with van der Waals surface area (Å²) < 4.78 is 38.2. The second-order valence-corrected chi connectivity index (χ2v) is 9.89. The van der Waals surface area contributed by atoms with Crippen LogP contribution in [0.2, 0.25) is 0 Å². The number of benzene rings is 3. The molecular weight excluding hydrogens is 468 g/mol. The first-order valence-corrected chi connectivity index (χ1v) is 12.6. The monoisotopic (exact) mass is 494 g/mol. The van der Waals surface area contributed by atoms with Crippen LogP contribution >= 0.6 is 0 Å². The summed E-state index contributed by atoms with van der Waals surface area (Å²) >= 11 is 0. The van der Waals surface area contributed by atoms with Gasteiger partial charge in [0.2, 0.25) is 15.8 Å². The average Bonchev–Trinajstić information content (AvgIpc) is 2.92. The molecule has 1 aliphatic rings. The molecule has 0 saturated carbocycles. The molecular formula is C26H26N2O6S. The minimum atomic E-state index is -3.79. The first-order chi connectivity index (χ1) is 16.9. The molecule has 1 fully saturated rings. The Labute approximate surface area is 204 Å². The summed E-state index contributed by atoms with van der Waals surface area (Å²) in [5.74, 6) is -0.816. The van der Waals surface area contributed by atoms with Crippen LogP contribution in [0.3, 0.4) is 0 Å². The van der Waals surface area contributed by atoms with E-state index in [0.717, 1.165) is 5.69 Å². The summed E-state index contributed by atoms with van der Waals surface area (Å²) in [5, 5.41) is 0. The average molecular weight is 495 g/mol. The zero-order valence-electron chi connectivity index (χ0n) is 19.3. The standard InChI is InChI=1S/C26H26N2O6S/c1-33-25-13-6-5-12-23(25)24(29)19-34-26(30)20-8-7-11-22(18-20)35(31,32)28-16-14-27(15-17-28)21-9-3-2-4-10-21/h2-13,18H,14-17,19H2,1H3. The van der Waals surface area contributed by atoms with Crippen molar-refractivity contribution in [2.75, 3.05) is 44.8 Å². The Morgan fingerprint density at radius 1 is 0.857 bits per heavy atom. The normalized spacial score (nSPS) is 14.4. The first-order valence-electron chi connectivity index (χ1n) is 11.1. The van der Waals surface area contributed by atoms with E-state index in [1.54, 1.807) is 24.3 Å². The highest BCUT2D eigenvalue weighted by Crippen LogP contribution is 2.22. The van der Waals surface area contributed by atoms with Crippen LogP contribution in [0.15, 0.2) is 83.8 Å². The smallest absolute Gasteiger partial charge is 0.338 e. The lowest BCUT2D eigenvalue weighted by molar-refractivity contribution is 0.0473. The Kier molecular flexibility index (Phi) is 7.48. The maximum absolute atomic E-state index is 13.2. The molecule has 0 unspecified atom stereocenters. The number of methoxy groups -OCH3 is 1. The predicted molar refractivity (Wildman–Crippen MR) is 131 cm³/mol. The molecule has 182 valence electrons. The fraction of sp³-hybridized carbons (Fsp3) is 0.231. The van der Waals surface area contributed by atoms with Crippen LogP contribution < -0.4 is 9.64 Å². The number of rotatable bonds is 8. The van der Waals surface area contributed by atoms with E-state index in [9.17, 15) is 18.0 Å². The molecule has 0 spiro atoms. The number of Topliss-reactive ketones (excluding diaryl/α,β-unsaturated/α-hetero) is 1. The van der Waals surface area contributed by atoms with Crippen molar-refractivity contribution in [2.45, 2.75) is 4.90 Å². The second kappa shape index (κ2) is 10.7. The number of nitrogens with zero attached hydrogens (tertiary/aromatic N) is 2. The van der Waals surface area contributed by atoms with Crippen LogP contribution in [0.5, 0.6) is 5.75 Å². The molecule has 9 heteroatoms. The number of sulfonamides is 1. The van der Waals surface area contributed by atoms with Gasteiger partial charge in [0.15, 0.2) is 6.61 Å². The SMILES string of the molecule is COc1ccccc1C(=O)COC(=O)c1cccc(S(=O)(=O)N2CCN(c3ccccc3)CC2)c1. The fourth-order valence-corrected chi connectivity index (χ4v) is 5.39. The van der Waals surface area contributed by atoms with Crippen LogP contribution in [0.25, 0.3) is 0 Å². The summed E-state index contributed by atoms with van der Waals surface area (Å²) in [4.78, 5) is 27.2. The van der Waals surface area contributed by atoms with Gasteiger partial charge in [0.05, 0.1) is 23.1 Å². The number of hydrogen-bond acceptors (Lipinski definition) is 7. The summed E-state index contributed by atoms with van der Waals surface area (Å²) in [6.07, 6.45) is 0. The molecule has 0 aliphatic carbocycles. The van der Waals surface area contributed by atoms with E-state index in [0.29, 0.717) is 37.5 Å². The quantitative estimate of drug-likeness (QED) is 0.351. The van der Waals surface area contributed by atoms with Crippen molar-refractivity contribution in [3.8, 4) is 5.75 Å². The van der Waals surface area contributed by atoms with E-state index in [2.05, 4.69) is 4.90 Å². The molecule has 1 heterocycles. The highest BCUT2D eigenvalue weighted by molar-refractivity contribution is 7.89. The lowest BCUT2D eigenvalue weighted by Gasteiger charge is -2.35. The number of piperazine rings is 1. The largest absolute Gasteiger partial charge is 0.496 e. The van der Waals surface area contributed by atoms with E-state index in [4.69, 9.17) is 9.47 Å². The molecule has 0 atom stereocenters. The van der Waals surface area contributed by atoms with Gasteiger partial charge in [0.1, 0.15) is 5.75 Å². The van der Waals surface area contributed by atoms with Crippen molar-refractivity contribution < 1.29 is 27.5 Å². The minimum absolute atomic E-state index is 0.0103. The molecule has 3 aromatic carbocycles. The minimum Gasteiger partial charge on any atom is -0.496 e. The number of para-hydroxylation sites is 2. The van der Waals surface area contributed by atoms with Gasteiger partial charge in [-0.15, -0.1) is 0 Å². The Morgan fingerprint density at radius 3 is 2.26 bits per heavy atom. The van der Waals surface area contributed by atoms with Gasteiger partial charge in [-0.05, 0) is 42.5 Å². The topological polar surface area (TPSA) is 93.2 Å². The van der Waals surface area contributed by atoms with E-state index in [1.165, 1.54) is 35.7 Å². The molecule has 8 nitrogen and oxygen atoms in total. The van der Waals surface area contributed by atoms with E-state index in [1.807, 2.05) is 30.3 Å². The fourth-order valence-electron chi connectivity index (χ4n) is 3.93. The third-order valence-electron chi connectivity index (χ3n) is 5.81. The zero-order valence-corrected chi connectivity index (χ0v) is 20.1. The van der Waals surface area contributed by atoms with Gasteiger partial charge in [0.25, 0.3) is 0 Å². The number of carbonyl (C=O) groups excluding carboxylic acids is 2. The van der Waals surface area contributed by atoms with E-state index >= 15 is 0 Å². The molecule has 0 N–H and O–H groups in total. The van der Waals surface area contributed by atoms with E-state index in [-0.39, 0.29) is 10.5 Å². The van der Waals surface area contributed by atoms with Crippen LogP contribution in [-0.4, -0.2) is 64.4 Å². The Bertz CT molecular complexity index is 1300. The zero-order chi connectivity index (χ0) is 24.8. The summed E-state index contributed by atoms with van der Waals surface area (Å²) in [6, 6.07) is 22.2. The van der Waals surface area contributed by atoms with E-state index < -0.39 is 28.4 Å². The first kappa shape index (κ1) is 24.4. The van der Waals surface area contributed by atoms with Crippen molar-refractivity contribution in [1.82, 2.24) is 4.31 Å². The number of ketones is 1. The molecule has 1 saturated heterocycles. The van der Waals surface area contributed by atoms with Crippen molar-refractivity contribution in [3.63, 3.8) is 0 Å². The lowest BCUT2D eigenvalue weighted by Crippen LogP contribution is -2.48. The summed E-state index contributed by atoms with van der Waals surface area (Å²) in [7, 11) is -2.34. The molecule has 3 aromatic rings. The van der Waals surface area contributed by atoms with Gasteiger partial charge in [-0.25, -0.2) is 13.2 Å². The maximum Gasteiger partial charge on any atom is 0.338 e. The van der Waals surface area contributed by atoms with Crippen molar-refractivity contribution in [3.05, 3.63) is 90.0 Å². The molecule has 0 aromatic heterocycles. The van der Waals surface area contributed by atoms with Gasteiger partial charge >= 0.3 is 5.97 Å². The van der Waals surface area contributed by atoms with Crippen molar-refractivity contribution >= 4 is 27.5 Å². The third-order valence-corrected chi connectivity index (χ3v) is 7.70. The number of carbonyl (C=O) groups is 2. The molecule has 0 radical (unpaired) electrons. The lowest BCUT2D eigenvalue weighted by atomic mass is 10.1. The summed E-state index contributed by atoms with van der Waals surface area (Å²) in [6.45, 7) is 1.31. The Morgan fingerprint density at radius 2 is 1.54 bits per heavy atom. The van der Waals surface area contributed by atoms with Crippen LogP contribution in [0.1, 0.15) is 20.7 Å². The van der Waals surface area contributed by atoms with Crippen LogP contribution in [0, 0.1) is 0 Å². The molecule has 0 amide bonds. The van der Waals surface area contributed by atoms with Gasteiger partial charge in [-0.3, -0.25) is 4.79 Å². The number of esters is 1. The molecule has 4 rings (SSSR count). The molecule has 35 heavy (non-hydrogen) atoms. The maximum atomic E-state index is 13.2. The second-order valence-electron chi connectivity index (χ2n) is 7.95. The molecule has 1 aliphatic heterocycles. The van der Waals surface area contributed by atoms with Gasteiger partial charge in [-0.2, -0.15) is 4.31 Å². The predicted octanol–water partition coefficient (Wildman–Crippen LogP) is 3.25. The highest BCUT2D eigenvalue weighted by Gasteiger charge is 2.29. The van der Waals surface area contributed by atoms with Gasteiger partial charge in [0, 0.05) is 31.9 Å². The van der Waals surface area contributed by atoms with Crippen LogP contribution in [0.4, 0.5) is 5.69 Å². The Balaban J connectivity index is 1.40. The Hall–Kier alpha value is -3.69. The number of ether oxygens (including phenoxy) is 2. The number of anilines is 1. The highest BCUT2D eigenvalue weighted by atomic mass is 32.2. The van der Waals surface area contributed by atoms with Crippen molar-refractivity contribution in [2.24, 2.45) is 0 Å². The summed E-state index contributed by atoms with van der Waals surface area (Å²) in [5.41, 5.74) is 1.41. The molecule has 0 bridgehead atoms.